The summed E-state index contributed by atoms with van der Waals surface area (Å²) in [7, 11) is 3.19. The van der Waals surface area contributed by atoms with Crippen molar-refractivity contribution in [3.63, 3.8) is 0 Å². The van der Waals surface area contributed by atoms with Crippen LogP contribution in [0.5, 0.6) is 11.5 Å². The molecular weight excluding hydrogens is 466 g/mol. The fourth-order valence-electron chi connectivity index (χ4n) is 4.84. The van der Waals surface area contributed by atoms with E-state index in [-0.39, 0.29) is 5.56 Å². The highest BCUT2D eigenvalue weighted by molar-refractivity contribution is 7.17. The molecule has 0 aliphatic heterocycles. The molecule has 1 atom stereocenters. The van der Waals surface area contributed by atoms with E-state index in [0.29, 0.717) is 59.9 Å². The summed E-state index contributed by atoms with van der Waals surface area (Å²) in [5, 5.41) is 13.1. The van der Waals surface area contributed by atoms with Crippen LogP contribution < -0.4 is 15.0 Å². The largest absolute Gasteiger partial charge is 0.493 e. The van der Waals surface area contributed by atoms with Crippen LogP contribution in [0.3, 0.4) is 0 Å². The zero-order chi connectivity index (χ0) is 24.8. The van der Waals surface area contributed by atoms with E-state index in [1.807, 2.05) is 30.5 Å². The third-order valence-corrected chi connectivity index (χ3v) is 7.46. The van der Waals surface area contributed by atoms with Gasteiger partial charge in [-0.3, -0.25) is 9.69 Å². The van der Waals surface area contributed by atoms with Crippen LogP contribution in [-0.2, 0) is 11.3 Å². The molecule has 1 aliphatic carbocycles. The first-order chi connectivity index (χ1) is 17.0. The molecule has 0 bridgehead atoms. The van der Waals surface area contributed by atoms with Crippen molar-refractivity contribution in [3.05, 3.63) is 39.8 Å². The maximum absolute atomic E-state index is 13.2. The molecule has 8 nitrogen and oxygen atoms in total. The van der Waals surface area contributed by atoms with E-state index in [0.717, 1.165) is 24.0 Å². The van der Waals surface area contributed by atoms with Gasteiger partial charge in [0, 0.05) is 30.1 Å². The molecule has 9 heteroatoms. The molecule has 1 fully saturated rings. The second kappa shape index (κ2) is 12.0. The molecule has 190 valence electrons. The first kappa shape index (κ1) is 25.6. The Labute approximate surface area is 209 Å². The highest BCUT2D eigenvalue weighted by Crippen LogP contribution is 2.36. The fraction of sp³-hybridized carbons (Fsp3) is 0.538. The second-order valence-electron chi connectivity index (χ2n) is 8.95. The van der Waals surface area contributed by atoms with Gasteiger partial charge in [-0.15, -0.1) is 11.3 Å². The minimum absolute atomic E-state index is 0.158. The highest BCUT2D eigenvalue weighted by Gasteiger charge is 2.25. The predicted molar refractivity (Wildman–Crippen MR) is 139 cm³/mol. The molecule has 4 rings (SSSR count). The number of ether oxygens (including phenoxy) is 3. The molecule has 0 radical (unpaired) electrons. The minimum Gasteiger partial charge on any atom is -0.493 e. The van der Waals surface area contributed by atoms with Gasteiger partial charge >= 0.3 is 0 Å². The molecule has 2 aromatic heterocycles. The van der Waals surface area contributed by atoms with Crippen LogP contribution in [0.1, 0.15) is 44.9 Å². The second-order valence-corrected chi connectivity index (χ2v) is 9.80. The van der Waals surface area contributed by atoms with Gasteiger partial charge in [0.2, 0.25) is 0 Å². The van der Waals surface area contributed by atoms with Gasteiger partial charge < -0.3 is 24.3 Å². The number of methoxy groups -OCH3 is 2. The van der Waals surface area contributed by atoms with E-state index in [1.54, 1.807) is 14.2 Å². The van der Waals surface area contributed by atoms with Gasteiger partial charge in [-0.1, -0.05) is 25.3 Å². The average Bonchev–Trinajstić information content (AvgIpc) is 3.31. The zero-order valence-corrected chi connectivity index (χ0v) is 21.5. The van der Waals surface area contributed by atoms with Crippen molar-refractivity contribution in [3.8, 4) is 22.6 Å². The lowest BCUT2D eigenvalue weighted by molar-refractivity contribution is 0.00493. The normalized spacial score (nSPS) is 15.6. The molecule has 1 aromatic carbocycles. The summed E-state index contributed by atoms with van der Waals surface area (Å²) in [5.41, 5.74) is 1.54. The van der Waals surface area contributed by atoms with Gasteiger partial charge in [0.1, 0.15) is 10.7 Å². The average molecular weight is 502 g/mol. The number of aliphatic hydroxyl groups excluding tert-OH is 1. The monoisotopic (exact) mass is 501 g/mol. The van der Waals surface area contributed by atoms with Crippen LogP contribution >= 0.6 is 11.3 Å². The van der Waals surface area contributed by atoms with Crippen molar-refractivity contribution < 1.29 is 19.3 Å². The van der Waals surface area contributed by atoms with Crippen LogP contribution in [0.4, 0.5) is 0 Å². The maximum Gasteiger partial charge on any atom is 0.260 e. The molecular formula is C26H35N3O5S. The van der Waals surface area contributed by atoms with Crippen LogP contribution in [0.25, 0.3) is 21.3 Å². The van der Waals surface area contributed by atoms with E-state index in [9.17, 15) is 9.90 Å². The van der Waals surface area contributed by atoms with E-state index < -0.39 is 6.10 Å². The van der Waals surface area contributed by atoms with Gasteiger partial charge in [0.15, 0.2) is 11.5 Å². The molecule has 2 heterocycles. The lowest BCUT2D eigenvalue weighted by Gasteiger charge is -2.35. The Morgan fingerprint density at radius 1 is 1.20 bits per heavy atom. The quantitative estimate of drug-likeness (QED) is 0.406. The standard InChI is InChI=1S/C26H35N3O5S/c1-4-34-15-19(30)13-29(18-8-6-5-7-9-18)14-23-27-25(31)24-20(16-35-26(24)28-23)17-10-11-21(32-2)22(12-17)33-3/h10-12,16,18-19,30H,4-9,13-15H2,1-3H3,(H,27,28,31). The van der Waals surface area contributed by atoms with Crippen LogP contribution in [0.2, 0.25) is 0 Å². The molecule has 1 aliphatic rings. The highest BCUT2D eigenvalue weighted by atomic mass is 32.1. The van der Waals surface area contributed by atoms with E-state index in [4.69, 9.17) is 19.2 Å². The summed E-state index contributed by atoms with van der Waals surface area (Å²) < 4.78 is 16.2. The summed E-state index contributed by atoms with van der Waals surface area (Å²) in [6.07, 6.45) is 5.23. The Morgan fingerprint density at radius 3 is 2.69 bits per heavy atom. The minimum atomic E-state index is -0.578. The number of thiophene rings is 1. The smallest absolute Gasteiger partial charge is 0.260 e. The summed E-state index contributed by atoms with van der Waals surface area (Å²) in [6, 6.07) is 5.99. The fourth-order valence-corrected chi connectivity index (χ4v) is 5.81. The van der Waals surface area contributed by atoms with Gasteiger partial charge in [0.05, 0.1) is 38.9 Å². The summed E-state index contributed by atoms with van der Waals surface area (Å²) in [4.78, 5) is 24.0. The topological polar surface area (TPSA) is 96.9 Å². The molecule has 0 spiro atoms. The number of aliphatic hydroxyl groups is 1. The SMILES string of the molecule is CCOCC(O)CN(Cc1nc2scc(-c3ccc(OC)c(OC)c3)c2c(=O)[nH]1)C1CCCCC1. The molecule has 0 amide bonds. The molecule has 2 N–H and O–H groups in total. The van der Waals surface area contributed by atoms with E-state index >= 15 is 0 Å². The Hall–Kier alpha value is -2.46. The molecule has 3 aromatic rings. The number of H-pyrrole nitrogens is 1. The number of fused-ring (bicyclic) bond motifs is 1. The number of nitrogens with zero attached hydrogens (tertiary/aromatic N) is 2. The molecule has 0 saturated heterocycles. The Bertz CT molecular complexity index is 1170. The van der Waals surface area contributed by atoms with Crippen molar-refractivity contribution in [2.75, 3.05) is 34.0 Å². The number of benzene rings is 1. The predicted octanol–water partition coefficient (Wildman–Crippen LogP) is 4.20. The van der Waals surface area contributed by atoms with Crippen molar-refractivity contribution in [2.24, 2.45) is 0 Å². The number of rotatable bonds is 11. The Morgan fingerprint density at radius 2 is 1.97 bits per heavy atom. The maximum atomic E-state index is 13.2. The third-order valence-electron chi connectivity index (χ3n) is 6.59. The van der Waals surface area contributed by atoms with Gasteiger partial charge in [-0.05, 0) is 37.5 Å². The van der Waals surface area contributed by atoms with E-state index in [2.05, 4.69) is 9.88 Å². The number of hydrogen-bond donors (Lipinski definition) is 2. The first-order valence-corrected chi connectivity index (χ1v) is 13.1. The lowest BCUT2D eigenvalue weighted by Crippen LogP contribution is -2.43. The van der Waals surface area contributed by atoms with Crippen molar-refractivity contribution >= 4 is 21.6 Å². The van der Waals surface area contributed by atoms with Gasteiger partial charge in [-0.25, -0.2) is 4.98 Å². The van der Waals surface area contributed by atoms with Crippen LogP contribution in [-0.4, -0.2) is 66.1 Å². The molecule has 1 unspecified atom stereocenters. The summed E-state index contributed by atoms with van der Waals surface area (Å²) in [6.45, 7) is 3.79. The van der Waals surface area contributed by atoms with E-state index in [1.165, 1.54) is 30.6 Å². The van der Waals surface area contributed by atoms with Crippen molar-refractivity contribution in [2.45, 2.75) is 57.7 Å². The van der Waals surface area contributed by atoms with Crippen LogP contribution in [0, 0.1) is 0 Å². The summed E-state index contributed by atoms with van der Waals surface area (Å²) >= 11 is 1.46. The Balaban J connectivity index is 1.61. The summed E-state index contributed by atoms with van der Waals surface area (Å²) in [5.74, 6) is 1.87. The first-order valence-electron chi connectivity index (χ1n) is 12.3. The van der Waals surface area contributed by atoms with Crippen LogP contribution in [0.15, 0.2) is 28.4 Å². The third kappa shape index (κ3) is 6.03. The number of aromatic amines is 1. The Kier molecular flexibility index (Phi) is 8.78. The molecule has 35 heavy (non-hydrogen) atoms. The number of aromatic nitrogens is 2. The van der Waals surface area contributed by atoms with Gasteiger partial charge in [-0.2, -0.15) is 0 Å². The van der Waals surface area contributed by atoms with Crippen molar-refractivity contribution in [1.82, 2.24) is 14.9 Å². The zero-order valence-electron chi connectivity index (χ0n) is 20.7. The van der Waals surface area contributed by atoms with Gasteiger partial charge in [0.25, 0.3) is 5.56 Å². The molecule has 1 saturated carbocycles. The van der Waals surface area contributed by atoms with Crippen molar-refractivity contribution in [1.29, 1.82) is 0 Å². The lowest BCUT2D eigenvalue weighted by atomic mass is 9.94. The number of nitrogens with one attached hydrogen (secondary N) is 1. The number of hydrogen-bond acceptors (Lipinski definition) is 8.